The van der Waals surface area contributed by atoms with Gasteiger partial charge in [-0.25, -0.2) is 0 Å². The van der Waals surface area contributed by atoms with Crippen molar-refractivity contribution in [1.82, 2.24) is 0 Å². The lowest BCUT2D eigenvalue weighted by atomic mass is 9.44. The largest absolute Gasteiger partial charge is 0.463 e. The van der Waals surface area contributed by atoms with Gasteiger partial charge in [0, 0.05) is 19.3 Å². The van der Waals surface area contributed by atoms with E-state index in [4.69, 9.17) is 14.2 Å². The molecular weight excluding hydrogens is 412 g/mol. The fourth-order valence-electron chi connectivity index (χ4n) is 10.6. The molecule has 6 aliphatic rings. The minimum Gasteiger partial charge on any atom is -0.463 e. The molecule has 2 aliphatic heterocycles. The van der Waals surface area contributed by atoms with E-state index in [1.54, 1.807) is 6.92 Å². The van der Waals surface area contributed by atoms with Crippen LogP contribution in [0.25, 0.3) is 0 Å². The van der Waals surface area contributed by atoms with E-state index in [2.05, 4.69) is 27.7 Å². The van der Waals surface area contributed by atoms with Crippen LogP contribution in [0.3, 0.4) is 0 Å². The fourth-order valence-corrected chi connectivity index (χ4v) is 10.6. The highest BCUT2D eigenvalue weighted by Crippen LogP contribution is 2.71. The molecule has 6 rings (SSSR count). The molecule has 186 valence electrons. The Kier molecular flexibility index (Phi) is 5.32. The molecule has 12 atom stereocenters. The smallest absolute Gasteiger partial charge is 0.302 e. The monoisotopic (exact) mass is 458 g/mol. The van der Waals surface area contributed by atoms with Crippen LogP contribution < -0.4 is 0 Å². The highest BCUT2D eigenvalue weighted by atomic mass is 16.7. The van der Waals surface area contributed by atoms with Crippen molar-refractivity contribution in [3.8, 4) is 0 Å². The van der Waals surface area contributed by atoms with Gasteiger partial charge in [-0.05, 0) is 104 Å². The molecule has 0 bridgehead atoms. The van der Waals surface area contributed by atoms with Gasteiger partial charge in [0.15, 0.2) is 5.79 Å². The molecular formula is C29H46O4. The van der Waals surface area contributed by atoms with Crippen molar-refractivity contribution >= 4 is 5.97 Å². The lowest BCUT2D eigenvalue weighted by molar-refractivity contribution is -0.273. The molecule has 2 heterocycles. The number of esters is 1. The molecule has 6 fully saturated rings. The quantitative estimate of drug-likeness (QED) is 0.429. The molecule has 0 amide bonds. The summed E-state index contributed by atoms with van der Waals surface area (Å²) in [7, 11) is 0. The van der Waals surface area contributed by atoms with Crippen LogP contribution in [0, 0.1) is 52.3 Å². The maximum Gasteiger partial charge on any atom is 0.302 e. The first kappa shape index (κ1) is 22.8. The second-order valence-electron chi connectivity index (χ2n) is 13.7. The average Bonchev–Trinajstić information content (AvgIpc) is 3.21. The summed E-state index contributed by atoms with van der Waals surface area (Å²) < 4.78 is 19.1. The molecule has 0 N–H and O–H groups in total. The number of hydrogen-bond acceptors (Lipinski definition) is 4. The molecule has 4 saturated carbocycles. The van der Waals surface area contributed by atoms with Crippen molar-refractivity contribution < 1.29 is 19.0 Å². The van der Waals surface area contributed by atoms with Crippen molar-refractivity contribution in [3.05, 3.63) is 0 Å². The van der Waals surface area contributed by atoms with Crippen molar-refractivity contribution in [2.24, 2.45) is 52.3 Å². The molecule has 4 aliphatic carbocycles. The first-order valence-electron chi connectivity index (χ1n) is 14.2. The van der Waals surface area contributed by atoms with Crippen LogP contribution in [0.15, 0.2) is 0 Å². The van der Waals surface area contributed by atoms with Gasteiger partial charge < -0.3 is 14.2 Å². The highest BCUT2D eigenvalue weighted by Gasteiger charge is 2.69. The summed E-state index contributed by atoms with van der Waals surface area (Å²) in [5.74, 6) is 4.63. The normalized spacial score (nSPS) is 57.7. The van der Waals surface area contributed by atoms with E-state index in [1.165, 1.54) is 44.9 Å². The van der Waals surface area contributed by atoms with Gasteiger partial charge in [0.2, 0.25) is 0 Å². The van der Waals surface area contributed by atoms with Gasteiger partial charge in [0.05, 0.1) is 12.7 Å². The van der Waals surface area contributed by atoms with E-state index >= 15 is 0 Å². The molecule has 2 saturated heterocycles. The summed E-state index contributed by atoms with van der Waals surface area (Å²) in [6.45, 7) is 12.4. The van der Waals surface area contributed by atoms with E-state index in [0.717, 1.165) is 49.5 Å². The summed E-state index contributed by atoms with van der Waals surface area (Å²) >= 11 is 0. The van der Waals surface area contributed by atoms with Crippen molar-refractivity contribution in [2.75, 3.05) is 6.61 Å². The van der Waals surface area contributed by atoms with Crippen LogP contribution in [0.4, 0.5) is 0 Å². The molecule has 1 spiro atoms. The summed E-state index contributed by atoms with van der Waals surface area (Å²) in [4.78, 5) is 11.5. The van der Waals surface area contributed by atoms with E-state index < -0.39 is 0 Å². The van der Waals surface area contributed by atoms with Crippen LogP contribution in [0.5, 0.6) is 0 Å². The average molecular weight is 459 g/mol. The van der Waals surface area contributed by atoms with Gasteiger partial charge in [0.1, 0.15) is 6.10 Å². The summed E-state index contributed by atoms with van der Waals surface area (Å²) in [5, 5.41) is 0. The number of carbonyl (C=O) groups excluding carboxylic acids is 1. The molecule has 0 aromatic rings. The lowest BCUT2D eigenvalue weighted by Crippen LogP contribution is -2.55. The molecule has 4 heteroatoms. The molecule has 0 aromatic heterocycles. The second kappa shape index (κ2) is 7.69. The zero-order valence-corrected chi connectivity index (χ0v) is 21.6. The number of carbonyl (C=O) groups is 1. The second-order valence-corrected chi connectivity index (χ2v) is 13.7. The van der Waals surface area contributed by atoms with Crippen molar-refractivity contribution in [2.45, 2.75) is 117 Å². The van der Waals surface area contributed by atoms with E-state index in [0.29, 0.717) is 34.7 Å². The van der Waals surface area contributed by atoms with E-state index in [1.807, 2.05) is 0 Å². The predicted octanol–water partition coefficient (Wildman–Crippen LogP) is 6.36. The third-order valence-corrected chi connectivity index (χ3v) is 12.2. The Morgan fingerprint density at radius 1 is 0.909 bits per heavy atom. The molecule has 4 nitrogen and oxygen atoms in total. The predicted molar refractivity (Wildman–Crippen MR) is 127 cm³/mol. The topological polar surface area (TPSA) is 44.8 Å². The van der Waals surface area contributed by atoms with Gasteiger partial charge in [-0.2, -0.15) is 0 Å². The fraction of sp³-hybridized carbons (Fsp3) is 0.966. The number of fused-ring (bicyclic) bond motifs is 7. The van der Waals surface area contributed by atoms with E-state index in [-0.39, 0.29) is 17.9 Å². The summed E-state index contributed by atoms with van der Waals surface area (Å²) in [6.07, 6.45) is 12.9. The van der Waals surface area contributed by atoms with Crippen molar-refractivity contribution in [1.29, 1.82) is 0 Å². The van der Waals surface area contributed by atoms with Crippen molar-refractivity contribution in [3.63, 3.8) is 0 Å². The standard InChI is InChI=1S/C29H46O4/c1-17-8-13-29(31-16-17)18(2)26-25(33-29)15-24-22-7-6-20-14-21(32-19(3)30)9-11-27(20,4)23(22)10-12-28(24,26)5/h17-18,20-26H,6-16H2,1-5H3/t17-,18+,20-,21+,22-,23+,24+,25+,26+,27+,28+,29-/m1/s1. The molecule has 0 radical (unpaired) electrons. The maximum absolute atomic E-state index is 11.5. The van der Waals surface area contributed by atoms with Crippen LogP contribution in [0.1, 0.15) is 98.8 Å². The van der Waals surface area contributed by atoms with Crippen LogP contribution in [-0.4, -0.2) is 30.6 Å². The Morgan fingerprint density at radius 3 is 2.42 bits per heavy atom. The van der Waals surface area contributed by atoms with Gasteiger partial charge >= 0.3 is 5.97 Å². The maximum atomic E-state index is 11.5. The number of ether oxygens (including phenoxy) is 3. The third-order valence-electron chi connectivity index (χ3n) is 12.2. The Bertz CT molecular complexity index is 786. The van der Waals surface area contributed by atoms with Crippen LogP contribution in [-0.2, 0) is 19.0 Å². The third kappa shape index (κ3) is 3.25. The van der Waals surface area contributed by atoms with Gasteiger partial charge in [-0.1, -0.05) is 27.7 Å². The minimum atomic E-state index is -0.300. The molecule has 0 unspecified atom stereocenters. The van der Waals surface area contributed by atoms with Gasteiger partial charge in [-0.3, -0.25) is 4.79 Å². The van der Waals surface area contributed by atoms with Crippen LogP contribution in [0.2, 0.25) is 0 Å². The minimum absolute atomic E-state index is 0.105. The lowest BCUT2D eigenvalue weighted by Gasteiger charge is -2.61. The zero-order chi connectivity index (χ0) is 23.2. The Hall–Kier alpha value is -0.610. The van der Waals surface area contributed by atoms with E-state index in [9.17, 15) is 4.79 Å². The number of hydrogen-bond donors (Lipinski definition) is 0. The molecule has 33 heavy (non-hydrogen) atoms. The Morgan fingerprint density at radius 2 is 1.70 bits per heavy atom. The SMILES string of the molecule is CC(=O)O[C@H]1CC[C@@]2(C)[C@H](CC[C@@H]3[C@@H]2CC[C@]2(C)[C@@H]4[C@H](C[C@@H]32)O[C@]2(CC[C@@H](C)CO2)[C@H]4C)C1. The van der Waals surface area contributed by atoms with Crippen LogP contribution >= 0.6 is 0 Å². The Balaban J connectivity index is 1.21. The zero-order valence-electron chi connectivity index (χ0n) is 21.6. The van der Waals surface area contributed by atoms with Gasteiger partial charge in [0.25, 0.3) is 0 Å². The summed E-state index contributed by atoms with van der Waals surface area (Å²) in [6, 6.07) is 0. The molecule has 0 aromatic carbocycles. The number of rotatable bonds is 1. The summed E-state index contributed by atoms with van der Waals surface area (Å²) in [5.41, 5.74) is 0.828. The van der Waals surface area contributed by atoms with Gasteiger partial charge in [-0.15, -0.1) is 0 Å². The highest BCUT2D eigenvalue weighted by molar-refractivity contribution is 5.66. The first-order chi connectivity index (χ1) is 15.7. The Labute approximate surface area is 200 Å². The first-order valence-corrected chi connectivity index (χ1v) is 14.2.